The summed E-state index contributed by atoms with van der Waals surface area (Å²) in [5, 5.41) is 13.4. The number of imidazole rings is 1. The number of benzene rings is 1. The number of hydrogen-bond donors (Lipinski definition) is 0. The van der Waals surface area contributed by atoms with Crippen molar-refractivity contribution >= 4 is 17.2 Å². The molecule has 0 fully saturated rings. The number of ether oxygens (including phenoxy) is 1. The predicted molar refractivity (Wildman–Crippen MR) is 82.1 cm³/mol. The Labute approximate surface area is 130 Å². The van der Waals surface area contributed by atoms with E-state index in [1.807, 2.05) is 29.6 Å². The Morgan fingerprint density at radius 2 is 2.14 bits per heavy atom. The highest BCUT2D eigenvalue weighted by Crippen LogP contribution is 2.26. The van der Waals surface area contributed by atoms with Gasteiger partial charge in [-0.2, -0.15) is 0 Å². The van der Waals surface area contributed by atoms with Crippen molar-refractivity contribution in [2.24, 2.45) is 0 Å². The van der Waals surface area contributed by atoms with Gasteiger partial charge < -0.3 is 19.4 Å². The quantitative estimate of drug-likeness (QED) is 0.534. The van der Waals surface area contributed by atoms with Crippen molar-refractivity contribution in [3.63, 3.8) is 0 Å². The van der Waals surface area contributed by atoms with Gasteiger partial charge in [0.15, 0.2) is 0 Å². The summed E-state index contributed by atoms with van der Waals surface area (Å²) in [6, 6.07) is 7.66. The number of hydrogen-bond acceptors (Lipinski definition) is 6. The van der Waals surface area contributed by atoms with Gasteiger partial charge in [-0.05, 0) is 34.2 Å². The minimum absolute atomic E-state index is 0.161. The molecule has 0 saturated heterocycles. The molecule has 2 heterocycles. The molecule has 3 aromatic rings. The molecular formula is C14H12N4O3S. The monoisotopic (exact) mass is 316 g/mol. The summed E-state index contributed by atoms with van der Waals surface area (Å²) in [5.74, 6) is 0.636. The Hall–Kier alpha value is -2.74. The van der Waals surface area contributed by atoms with Gasteiger partial charge in [0, 0.05) is 10.9 Å². The highest BCUT2D eigenvalue weighted by Gasteiger charge is 2.11. The molecule has 0 N–H and O–H groups in total. The Morgan fingerprint density at radius 1 is 1.36 bits per heavy atom. The first-order chi connectivity index (χ1) is 10.7. The van der Waals surface area contributed by atoms with Crippen molar-refractivity contribution < 1.29 is 9.66 Å². The number of nitrogens with zero attached hydrogens (tertiary/aromatic N) is 4. The molecule has 0 unspecified atom stereocenters. The molecule has 2 aromatic heterocycles. The van der Waals surface area contributed by atoms with E-state index in [1.54, 1.807) is 11.7 Å². The molecule has 0 bridgehead atoms. The molecule has 3 rings (SSSR count). The van der Waals surface area contributed by atoms with Crippen LogP contribution >= 0.6 is 11.3 Å². The maximum atomic E-state index is 10.6. The number of methoxy groups -OCH3 is 1. The molecular weight excluding hydrogens is 304 g/mol. The van der Waals surface area contributed by atoms with Gasteiger partial charge >= 0.3 is 5.82 Å². The third kappa shape index (κ3) is 2.96. The summed E-state index contributed by atoms with van der Waals surface area (Å²) in [4.78, 5) is 18.4. The van der Waals surface area contributed by atoms with Crippen LogP contribution in [-0.4, -0.2) is 26.6 Å². The average Bonchev–Trinajstić information content (AvgIpc) is 3.17. The average molecular weight is 316 g/mol. The second kappa shape index (κ2) is 5.94. The van der Waals surface area contributed by atoms with E-state index >= 15 is 0 Å². The second-order valence-electron chi connectivity index (χ2n) is 4.53. The lowest BCUT2D eigenvalue weighted by Gasteiger charge is -2.00. The summed E-state index contributed by atoms with van der Waals surface area (Å²) >= 11 is 1.53. The Bertz CT molecular complexity index is 795. The fourth-order valence-electron chi connectivity index (χ4n) is 1.96. The third-order valence-electron chi connectivity index (χ3n) is 3.04. The van der Waals surface area contributed by atoms with Crippen LogP contribution in [0.2, 0.25) is 0 Å². The molecule has 7 nitrogen and oxygen atoms in total. The highest BCUT2D eigenvalue weighted by molar-refractivity contribution is 7.13. The maximum Gasteiger partial charge on any atom is 0.381 e. The fourth-order valence-corrected chi connectivity index (χ4v) is 2.78. The Kier molecular flexibility index (Phi) is 3.84. The van der Waals surface area contributed by atoms with Gasteiger partial charge in [-0.15, -0.1) is 11.3 Å². The van der Waals surface area contributed by atoms with Gasteiger partial charge in [0.1, 0.15) is 17.0 Å². The van der Waals surface area contributed by atoms with Crippen molar-refractivity contribution in [2.45, 2.75) is 6.54 Å². The summed E-state index contributed by atoms with van der Waals surface area (Å²) in [6.07, 6.45) is 2.83. The van der Waals surface area contributed by atoms with Crippen LogP contribution in [0.3, 0.4) is 0 Å². The minimum atomic E-state index is -0.514. The van der Waals surface area contributed by atoms with E-state index in [-0.39, 0.29) is 5.82 Å². The van der Waals surface area contributed by atoms with Crippen LogP contribution in [0.25, 0.3) is 10.6 Å². The van der Waals surface area contributed by atoms with Crippen LogP contribution in [0.5, 0.6) is 5.75 Å². The van der Waals surface area contributed by atoms with E-state index in [0.29, 0.717) is 6.54 Å². The smallest absolute Gasteiger partial charge is 0.381 e. The van der Waals surface area contributed by atoms with E-state index in [9.17, 15) is 10.1 Å². The van der Waals surface area contributed by atoms with E-state index in [0.717, 1.165) is 22.0 Å². The zero-order valence-electron chi connectivity index (χ0n) is 11.7. The molecule has 0 aliphatic carbocycles. The van der Waals surface area contributed by atoms with E-state index in [4.69, 9.17) is 4.74 Å². The van der Waals surface area contributed by atoms with E-state index in [1.165, 1.54) is 23.9 Å². The fraction of sp³-hybridized carbons (Fsp3) is 0.143. The molecule has 22 heavy (non-hydrogen) atoms. The largest absolute Gasteiger partial charge is 0.497 e. The van der Waals surface area contributed by atoms with Crippen molar-refractivity contribution in [1.82, 2.24) is 14.5 Å². The molecule has 0 radical (unpaired) electrons. The maximum absolute atomic E-state index is 10.6. The van der Waals surface area contributed by atoms with Crippen LogP contribution in [0.1, 0.15) is 5.69 Å². The van der Waals surface area contributed by atoms with E-state index < -0.39 is 4.92 Å². The van der Waals surface area contributed by atoms with Gasteiger partial charge in [-0.3, -0.25) is 0 Å². The number of nitro groups is 1. The van der Waals surface area contributed by atoms with E-state index in [2.05, 4.69) is 9.97 Å². The normalized spacial score (nSPS) is 10.6. The van der Waals surface area contributed by atoms with Gasteiger partial charge in [0.25, 0.3) is 0 Å². The lowest BCUT2D eigenvalue weighted by molar-refractivity contribution is -0.389. The van der Waals surface area contributed by atoms with Crippen LogP contribution < -0.4 is 4.74 Å². The standard InChI is InChI=1S/C14H12N4O3S/c1-21-12-4-2-10(3-5-12)14-16-11(8-22-14)6-17-7-13(15-9-17)18(19)20/h2-5,7-9H,6H2,1H3. The van der Waals surface area contributed by atoms with Crippen LogP contribution in [0.4, 0.5) is 5.82 Å². The third-order valence-corrected chi connectivity index (χ3v) is 3.98. The molecule has 112 valence electrons. The molecule has 0 saturated carbocycles. The zero-order valence-corrected chi connectivity index (χ0v) is 12.5. The van der Waals surface area contributed by atoms with Crippen LogP contribution in [0.15, 0.2) is 42.2 Å². The minimum Gasteiger partial charge on any atom is -0.497 e. The molecule has 0 atom stereocenters. The lowest BCUT2D eigenvalue weighted by atomic mass is 10.2. The molecule has 0 aliphatic rings. The summed E-state index contributed by atoms with van der Waals surface area (Å²) in [7, 11) is 1.63. The number of rotatable bonds is 5. The Morgan fingerprint density at radius 3 is 2.77 bits per heavy atom. The summed E-state index contributed by atoms with van der Waals surface area (Å²) in [5.41, 5.74) is 1.84. The molecule has 1 aromatic carbocycles. The highest BCUT2D eigenvalue weighted by atomic mass is 32.1. The lowest BCUT2D eigenvalue weighted by Crippen LogP contribution is -1.96. The van der Waals surface area contributed by atoms with Crippen LogP contribution in [0, 0.1) is 10.1 Å². The molecule has 8 heteroatoms. The predicted octanol–water partition coefficient (Wildman–Crippen LogP) is 2.97. The van der Waals surface area contributed by atoms with Gasteiger partial charge in [-0.25, -0.2) is 4.98 Å². The first-order valence-electron chi connectivity index (χ1n) is 6.40. The molecule has 0 spiro atoms. The molecule has 0 amide bonds. The topological polar surface area (TPSA) is 83.1 Å². The number of aromatic nitrogens is 3. The second-order valence-corrected chi connectivity index (χ2v) is 5.39. The molecule has 0 aliphatic heterocycles. The Balaban J connectivity index is 1.76. The SMILES string of the molecule is COc1ccc(-c2nc(Cn3cnc([N+](=O)[O-])c3)cs2)cc1. The first-order valence-corrected chi connectivity index (χ1v) is 7.28. The summed E-state index contributed by atoms with van der Waals surface area (Å²) in [6.45, 7) is 0.452. The zero-order chi connectivity index (χ0) is 15.5. The van der Waals surface area contributed by atoms with Crippen molar-refractivity contribution in [2.75, 3.05) is 7.11 Å². The number of thiazole rings is 1. The summed E-state index contributed by atoms with van der Waals surface area (Å²) < 4.78 is 6.77. The van der Waals surface area contributed by atoms with Gasteiger partial charge in [-0.1, -0.05) is 0 Å². The van der Waals surface area contributed by atoms with Crippen molar-refractivity contribution in [3.8, 4) is 16.3 Å². The van der Waals surface area contributed by atoms with Crippen molar-refractivity contribution in [1.29, 1.82) is 0 Å². The van der Waals surface area contributed by atoms with Gasteiger partial charge in [0.2, 0.25) is 6.33 Å². The van der Waals surface area contributed by atoms with Gasteiger partial charge in [0.05, 0.1) is 19.3 Å². The van der Waals surface area contributed by atoms with Crippen LogP contribution in [-0.2, 0) is 6.54 Å². The van der Waals surface area contributed by atoms with Crippen molar-refractivity contribution in [3.05, 3.63) is 58.0 Å². The first kappa shape index (κ1) is 14.2.